The molecule has 0 radical (unpaired) electrons. The van der Waals surface area contributed by atoms with Crippen LogP contribution in [0.4, 0.5) is 0 Å². The third kappa shape index (κ3) is 4.21. The lowest BCUT2D eigenvalue weighted by molar-refractivity contribution is -0.157. The molecule has 0 spiro atoms. The van der Waals surface area contributed by atoms with Crippen LogP contribution in [0, 0.1) is 0 Å². The second-order valence-electron chi connectivity index (χ2n) is 7.01. The molecule has 2 aliphatic heterocycles. The normalized spacial score (nSPS) is 26.9. The van der Waals surface area contributed by atoms with Crippen LogP contribution in [0.2, 0.25) is 0 Å². The Morgan fingerprint density at radius 2 is 1.80 bits per heavy atom. The van der Waals surface area contributed by atoms with Gasteiger partial charge in [0.15, 0.2) is 0 Å². The van der Waals surface area contributed by atoms with Gasteiger partial charge in [-0.05, 0) is 24.9 Å². The maximum atomic E-state index is 12.8. The van der Waals surface area contributed by atoms with Crippen LogP contribution in [-0.2, 0) is 19.1 Å². The number of fused-ring (bicyclic) bond motifs is 2. The van der Waals surface area contributed by atoms with Crippen LogP contribution >= 0.6 is 0 Å². The van der Waals surface area contributed by atoms with Crippen LogP contribution in [-0.4, -0.2) is 48.2 Å². The summed E-state index contributed by atoms with van der Waals surface area (Å²) in [6.07, 6.45) is 4.18. The van der Waals surface area contributed by atoms with E-state index in [2.05, 4.69) is 11.8 Å². The minimum atomic E-state index is -0.563. The Morgan fingerprint density at radius 3 is 2.36 bits per heavy atom. The van der Waals surface area contributed by atoms with Crippen molar-refractivity contribution in [3.05, 3.63) is 35.9 Å². The Kier molecular flexibility index (Phi) is 5.74. The van der Waals surface area contributed by atoms with Gasteiger partial charge in [0.2, 0.25) is 0 Å². The highest BCUT2D eigenvalue weighted by Crippen LogP contribution is 2.37. The molecule has 1 aromatic carbocycles. The van der Waals surface area contributed by atoms with E-state index in [9.17, 15) is 9.59 Å². The zero-order valence-corrected chi connectivity index (χ0v) is 15.0. The highest BCUT2D eigenvalue weighted by Gasteiger charge is 2.41. The number of hydrogen-bond donors (Lipinski definition) is 0. The van der Waals surface area contributed by atoms with Gasteiger partial charge in [0.1, 0.15) is 18.6 Å². The Morgan fingerprint density at radius 1 is 1.16 bits per heavy atom. The SMILES string of the molecule is CCN1[C@@H]2CC[C@H]1CC(OC(=O)[C@@H](COC(C)=O)c1ccccc1)C2. The van der Waals surface area contributed by atoms with Crippen molar-refractivity contribution in [1.29, 1.82) is 0 Å². The zero-order chi connectivity index (χ0) is 17.8. The maximum Gasteiger partial charge on any atom is 0.317 e. The van der Waals surface area contributed by atoms with Crippen LogP contribution < -0.4 is 0 Å². The molecule has 4 atom stereocenters. The van der Waals surface area contributed by atoms with Gasteiger partial charge in [-0.2, -0.15) is 0 Å². The van der Waals surface area contributed by atoms with Gasteiger partial charge in [-0.15, -0.1) is 0 Å². The Labute approximate surface area is 149 Å². The molecule has 2 aliphatic rings. The van der Waals surface area contributed by atoms with Gasteiger partial charge in [-0.1, -0.05) is 37.3 Å². The molecule has 1 aromatic rings. The van der Waals surface area contributed by atoms with Gasteiger partial charge in [0.05, 0.1) is 0 Å². The van der Waals surface area contributed by atoms with E-state index in [0.29, 0.717) is 12.1 Å². The van der Waals surface area contributed by atoms with E-state index >= 15 is 0 Å². The van der Waals surface area contributed by atoms with E-state index in [-0.39, 0.29) is 24.6 Å². The number of esters is 2. The average Bonchev–Trinajstić information content (AvgIpc) is 2.85. The first kappa shape index (κ1) is 17.9. The molecular weight excluding hydrogens is 318 g/mol. The molecule has 5 heteroatoms. The monoisotopic (exact) mass is 345 g/mol. The summed E-state index contributed by atoms with van der Waals surface area (Å²) in [6, 6.07) is 10.5. The van der Waals surface area contributed by atoms with Crippen LogP contribution in [0.15, 0.2) is 30.3 Å². The highest BCUT2D eigenvalue weighted by molar-refractivity contribution is 5.79. The number of ether oxygens (including phenoxy) is 2. The largest absolute Gasteiger partial charge is 0.465 e. The quantitative estimate of drug-likeness (QED) is 0.742. The number of rotatable bonds is 6. The Balaban J connectivity index is 1.65. The Hall–Kier alpha value is -1.88. The third-order valence-electron chi connectivity index (χ3n) is 5.43. The van der Waals surface area contributed by atoms with Crippen molar-refractivity contribution in [3.8, 4) is 0 Å². The first-order valence-corrected chi connectivity index (χ1v) is 9.23. The van der Waals surface area contributed by atoms with E-state index in [1.165, 1.54) is 19.8 Å². The number of nitrogens with zero attached hydrogens (tertiary/aromatic N) is 1. The number of benzene rings is 1. The summed E-state index contributed by atoms with van der Waals surface area (Å²) in [5.74, 6) is -1.24. The van der Waals surface area contributed by atoms with Crippen molar-refractivity contribution in [2.45, 2.75) is 63.6 Å². The summed E-state index contributed by atoms with van der Waals surface area (Å²) in [5, 5.41) is 0. The Bertz CT molecular complexity index is 589. The highest BCUT2D eigenvalue weighted by atomic mass is 16.6. The minimum Gasteiger partial charge on any atom is -0.465 e. The van der Waals surface area contributed by atoms with Crippen molar-refractivity contribution in [2.24, 2.45) is 0 Å². The van der Waals surface area contributed by atoms with Gasteiger partial charge in [-0.3, -0.25) is 14.5 Å². The smallest absolute Gasteiger partial charge is 0.317 e. The van der Waals surface area contributed by atoms with E-state index < -0.39 is 5.92 Å². The van der Waals surface area contributed by atoms with Gasteiger partial charge < -0.3 is 9.47 Å². The molecule has 0 aromatic heterocycles. The zero-order valence-electron chi connectivity index (χ0n) is 15.0. The molecule has 2 bridgehead atoms. The van der Waals surface area contributed by atoms with Crippen LogP contribution in [0.5, 0.6) is 0 Å². The maximum absolute atomic E-state index is 12.8. The summed E-state index contributed by atoms with van der Waals surface area (Å²) < 4.78 is 11.0. The van der Waals surface area contributed by atoms with Crippen molar-refractivity contribution in [3.63, 3.8) is 0 Å². The predicted octanol–water partition coefficient (Wildman–Crippen LogP) is 2.89. The fraction of sp³-hybridized carbons (Fsp3) is 0.600. The molecule has 136 valence electrons. The van der Waals surface area contributed by atoms with Crippen molar-refractivity contribution in [2.75, 3.05) is 13.2 Å². The lowest BCUT2D eigenvalue weighted by atomic mass is 9.98. The van der Waals surface area contributed by atoms with E-state index in [1.807, 2.05) is 30.3 Å². The lowest BCUT2D eigenvalue weighted by Gasteiger charge is -2.38. The van der Waals surface area contributed by atoms with Gasteiger partial charge in [0, 0.05) is 31.8 Å². The summed E-state index contributed by atoms with van der Waals surface area (Å²) in [4.78, 5) is 26.5. The number of piperidine rings is 1. The molecular formula is C20H27NO4. The molecule has 3 rings (SSSR count). The first-order valence-electron chi connectivity index (χ1n) is 9.23. The second kappa shape index (κ2) is 8.00. The second-order valence-corrected chi connectivity index (χ2v) is 7.01. The number of hydrogen-bond acceptors (Lipinski definition) is 5. The van der Waals surface area contributed by atoms with E-state index in [1.54, 1.807) is 0 Å². The predicted molar refractivity (Wildman–Crippen MR) is 94.1 cm³/mol. The topological polar surface area (TPSA) is 55.8 Å². The lowest BCUT2D eigenvalue weighted by Crippen LogP contribution is -2.46. The molecule has 2 heterocycles. The van der Waals surface area contributed by atoms with Crippen molar-refractivity contribution >= 4 is 11.9 Å². The van der Waals surface area contributed by atoms with E-state index in [4.69, 9.17) is 9.47 Å². The van der Waals surface area contributed by atoms with Crippen LogP contribution in [0.3, 0.4) is 0 Å². The fourth-order valence-corrected chi connectivity index (χ4v) is 4.27. The summed E-state index contributed by atoms with van der Waals surface area (Å²) in [6.45, 7) is 4.64. The average molecular weight is 345 g/mol. The molecule has 25 heavy (non-hydrogen) atoms. The van der Waals surface area contributed by atoms with Crippen molar-refractivity contribution in [1.82, 2.24) is 4.90 Å². The molecule has 2 fully saturated rings. The fourth-order valence-electron chi connectivity index (χ4n) is 4.27. The number of carbonyl (C=O) groups excluding carboxylic acids is 2. The standard InChI is InChI=1S/C20H27NO4/c1-3-21-16-9-10-17(21)12-18(11-16)25-20(23)19(13-24-14(2)22)15-7-5-4-6-8-15/h4-8,16-19H,3,9-13H2,1-2H3/t16-,17+,18?,19-/m0/s1. The van der Waals surface area contributed by atoms with Gasteiger partial charge in [0.25, 0.3) is 0 Å². The number of carbonyl (C=O) groups is 2. The van der Waals surface area contributed by atoms with Crippen molar-refractivity contribution < 1.29 is 19.1 Å². The van der Waals surface area contributed by atoms with Gasteiger partial charge >= 0.3 is 11.9 Å². The van der Waals surface area contributed by atoms with Crippen LogP contribution in [0.25, 0.3) is 0 Å². The molecule has 1 unspecified atom stereocenters. The van der Waals surface area contributed by atoms with E-state index in [0.717, 1.165) is 24.9 Å². The summed E-state index contributed by atoms with van der Waals surface area (Å²) in [7, 11) is 0. The van der Waals surface area contributed by atoms with Gasteiger partial charge in [-0.25, -0.2) is 0 Å². The molecule has 5 nitrogen and oxygen atoms in total. The third-order valence-corrected chi connectivity index (χ3v) is 5.43. The van der Waals surface area contributed by atoms with Crippen LogP contribution in [0.1, 0.15) is 51.0 Å². The molecule has 0 saturated carbocycles. The summed E-state index contributed by atoms with van der Waals surface area (Å²) in [5.41, 5.74) is 0.822. The molecule has 0 N–H and O–H groups in total. The minimum absolute atomic E-state index is 0.0266. The first-order chi connectivity index (χ1) is 12.1. The molecule has 2 saturated heterocycles. The molecule has 0 amide bonds. The summed E-state index contributed by atoms with van der Waals surface area (Å²) >= 11 is 0. The molecule has 0 aliphatic carbocycles.